The normalized spacial score (nSPS) is 33.8. The molecule has 1 aromatic rings. The summed E-state index contributed by atoms with van der Waals surface area (Å²) >= 11 is 0. The number of carbonyl (C=O) groups is 3. The predicted octanol–water partition coefficient (Wildman–Crippen LogP) is 3.32. The predicted molar refractivity (Wildman–Crippen MR) is 140 cm³/mol. The van der Waals surface area contributed by atoms with Crippen LogP contribution >= 0.6 is 0 Å². The van der Waals surface area contributed by atoms with Gasteiger partial charge in [0.2, 0.25) is 5.91 Å². The lowest BCUT2D eigenvalue weighted by molar-refractivity contribution is -0.158. The molecule has 3 saturated heterocycles. The molecule has 1 spiro atoms. The van der Waals surface area contributed by atoms with E-state index in [0.717, 1.165) is 11.1 Å². The average molecular weight is 513 g/mol. The van der Waals surface area contributed by atoms with E-state index in [1.54, 1.807) is 17.9 Å². The Morgan fingerprint density at radius 2 is 2.03 bits per heavy atom. The Labute approximate surface area is 219 Å². The first-order valence-corrected chi connectivity index (χ1v) is 13.2. The highest BCUT2D eigenvalue weighted by atomic mass is 16.5. The van der Waals surface area contributed by atoms with E-state index in [1.165, 1.54) is 4.90 Å². The van der Waals surface area contributed by atoms with Crippen LogP contribution in [0, 0.1) is 37.5 Å². The summed E-state index contributed by atoms with van der Waals surface area (Å²) in [6, 6.07) is 4.15. The number of carboxylic acids is 1. The number of aliphatic hydroxyl groups excluding tert-OH is 1. The largest absolute Gasteiger partial charge is 0.481 e. The lowest BCUT2D eigenvalue weighted by Gasteiger charge is -2.41. The van der Waals surface area contributed by atoms with Crippen molar-refractivity contribution >= 4 is 23.5 Å². The monoisotopic (exact) mass is 512 g/mol. The minimum atomic E-state index is -1.29. The number of rotatable bonds is 9. The van der Waals surface area contributed by atoms with Crippen LogP contribution in [0.4, 0.5) is 5.69 Å². The highest BCUT2D eigenvalue weighted by Crippen LogP contribution is 2.65. The molecule has 3 aliphatic rings. The molecule has 37 heavy (non-hydrogen) atoms. The molecule has 4 rings (SSSR count). The van der Waals surface area contributed by atoms with E-state index in [4.69, 9.17) is 4.74 Å². The van der Waals surface area contributed by atoms with Gasteiger partial charge in [-0.2, -0.15) is 0 Å². The van der Waals surface area contributed by atoms with Crippen LogP contribution in [-0.2, 0) is 19.1 Å². The Balaban J connectivity index is 1.93. The van der Waals surface area contributed by atoms with Gasteiger partial charge in [-0.15, -0.1) is 6.58 Å². The van der Waals surface area contributed by atoms with Crippen LogP contribution < -0.4 is 4.90 Å². The lowest BCUT2D eigenvalue weighted by atomic mass is 9.62. The summed E-state index contributed by atoms with van der Waals surface area (Å²) in [5.41, 5.74) is 0.235. The maximum Gasteiger partial charge on any atom is 0.310 e. The standard InChI is InChI=1S/C29H40N2O6/c1-8-12-30(20-13-16(3)10-11-18(20)5)26(34)24-29-14-19(6)28(7,37-29)23(27(35)36)22(29)25(33)31(24)21(15-32)17(4)9-2/h8,10-11,13,17,19,21-24,32H,1,9,12,14-15H2,2-7H3,(H,35,36)/t17-,19?,21-,22-,23+,24?,28-,29?/m0/s1. The second-order valence-corrected chi connectivity index (χ2v) is 11.5. The molecule has 1 aromatic carbocycles. The number of carboxylic acid groups (broad SMARTS) is 1. The van der Waals surface area contributed by atoms with Gasteiger partial charge in [0.1, 0.15) is 17.6 Å². The van der Waals surface area contributed by atoms with E-state index in [9.17, 15) is 24.6 Å². The molecule has 3 fully saturated rings. The first kappa shape index (κ1) is 27.3. The Hall–Kier alpha value is -2.71. The van der Waals surface area contributed by atoms with Gasteiger partial charge in [0.25, 0.3) is 5.91 Å². The van der Waals surface area contributed by atoms with Crippen LogP contribution in [0.3, 0.4) is 0 Å². The molecule has 2 amide bonds. The SMILES string of the molecule is C=CCN(C(=O)C1N([C@@H](CO)[C@@H](C)CC)C(=O)[C@@H]2[C@H](C(=O)O)[C@@]3(C)OC12CC3C)c1cc(C)ccc1C. The van der Waals surface area contributed by atoms with E-state index in [-0.39, 0.29) is 30.9 Å². The van der Waals surface area contributed by atoms with Crippen molar-refractivity contribution in [1.82, 2.24) is 4.90 Å². The van der Waals surface area contributed by atoms with Crippen LogP contribution in [-0.4, -0.2) is 69.3 Å². The third kappa shape index (κ3) is 3.83. The highest BCUT2D eigenvalue weighted by molar-refractivity contribution is 6.05. The molecule has 0 saturated carbocycles. The fourth-order valence-electron chi connectivity index (χ4n) is 7.10. The highest BCUT2D eigenvalue weighted by Gasteiger charge is 2.80. The molecule has 8 heteroatoms. The molecule has 2 bridgehead atoms. The number of benzene rings is 1. The third-order valence-electron chi connectivity index (χ3n) is 9.33. The number of nitrogens with zero attached hydrogens (tertiary/aromatic N) is 2. The first-order valence-electron chi connectivity index (χ1n) is 13.2. The van der Waals surface area contributed by atoms with E-state index in [1.807, 2.05) is 52.8 Å². The summed E-state index contributed by atoms with van der Waals surface area (Å²) < 4.78 is 6.62. The zero-order valence-corrected chi connectivity index (χ0v) is 22.7. The molecule has 202 valence electrons. The fraction of sp³-hybridized carbons (Fsp3) is 0.621. The van der Waals surface area contributed by atoms with Gasteiger partial charge in [-0.1, -0.05) is 45.4 Å². The van der Waals surface area contributed by atoms with Crippen LogP contribution in [0.5, 0.6) is 0 Å². The zero-order valence-electron chi connectivity index (χ0n) is 22.7. The van der Waals surface area contributed by atoms with E-state index >= 15 is 0 Å². The first-order chi connectivity index (χ1) is 17.4. The summed E-state index contributed by atoms with van der Waals surface area (Å²) in [6.45, 7) is 15.2. The van der Waals surface area contributed by atoms with E-state index in [0.29, 0.717) is 18.5 Å². The number of fused-ring (bicyclic) bond motifs is 1. The van der Waals surface area contributed by atoms with Crippen molar-refractivity contribution in [3.63, 3.8) is 0 Å². The van der Waals surface area contributed by atoms with Gasteiger partial charge in [-0.25, -0.2) is 0 Å². The number of ether oxygens (including phenoxy) is 1. The van der Waals surface area contributed by atoms with Crippen LogP contribution in [0.1, 0.15) is 51.7 Å². The number of hydrogen-bond donors (Lipinski definition) is 2. The zero-order chi connectivity index (χ0) is 27.4. The second-order valence-electron chi connectivity index (χ2n) is 11.5. The molecular formula is C29H40N2O6. The number of likely N-dealkylation sites (tertiary alicyclic amines) is 1. The Bertz CT molecular complexity index is 1120. The summed E-state index contributed by atoms with van der Waals surface area (Å²) in [5, 5.41) is 20.7. The van der Waals surface area contributed by atoms with Crippen molar-refractivity contribution < 1.29 is 29.3 Å². The molecule has 8 atom stereocenters. The molecule has 2 N–H and O–H groups in total. The number of carbonyl (C=O) groups excluding carboxylic acids is 2. The van der Waals surface area contributed by atoms with Crippen molar-refractivity contribution in [2.75, 3.05) is 18.1 Å². The van der Waals surface area contributed by atoms with Crippen molar-refractivity contribution in [2.24, 2.45) is 23.7 Å². The number of amides is 2. The summed E-state index contributed by atoms with van der Waals surface area (Å²) in [5.74, 6) is -4.20. The summed E-state index contributed by atoms with van der Waals surface area (Å²) in [6.07, 6.45) is 2.72. The lowest BCUT2D eigenvalue weighted by Crippen LogP contribution is -2.60. The van der Waals surface area contributed by atoms with Gasteiger partial charge in [-0.3, -0.25) is 14.4 Å². The molecule has 0 aromatic heterocycles. The third-order valence-corrected chi connectivity index (χ3v) is 9.33. The van der Waals surface area contributed by atoms with Crippen molar-refractivity contribution in [3.05, 3.63) is 42.0 Å². The quantitative estimate of drug-likeness (QED) is 0.492. The molecule has 3 unspecified atom stereocenters. The molecule has 8 nitrogen and oxygen atoms in total. The molecule has 3 aliphatic heterocycles. The number of aliphatic hydroxyl groups is 1. The van der Waals surface area contributed by atoms with Crippen molar-refractivity contribution in [2.45, 2.75) is 77.7 Å². The van der Waals surface area contributed by atoms with Crippen LogP contribution in [0.25, 0.3) is 0 Å². The Morgan fingerprint density at radius 3 is 2.59 bits per heavy atom. The minimum Gasteiger partial charge on any atom is -0.481 e. The topological polar surface area (TPSA) is 107 Å². The van der Waals surface area contributed by atoms with Gasteiger partial charge in [0, 0.05) is 12.2 Å². The number of hydrogen-bond acceptors (Lipinski definition) is 5. The van der Waals surface area contributed by atoms with Gasteiger partial charge in [0.05, 0.1) is 24.2 Å². The summed E-state index contributed by atoms with van der Waals surface area (Å²) in [4.78, 5) is 44.5. The molecular weight excluding hydrogens is 472 g/mol. The van der Waals surface area contributed by atoms with Gasteiger partial charge in [0.15, 0.2) is 0 Å². The average Bonchev–Trinajstić information content (AvgIpc) is 3.36. The van der Waals surface area contributed by atoms with E-state index < -0.39 is 47.0 Å². The Morgan fingerprint density at radius 1 is 1.35 bits per heavy atom. The van der Waals surface area contributed by atoms with E-state index in [2.05, 4.69) is 6.58 Å². The van der Waals surface area contributed by atoms with Crippen LogP contribution in [0.2, 0.25) is 0 Å². The van der Waals surface area contributed by atoms with Crippen LogP contribution in [0.15, 0.2) is 30.9 Å². The van der Waals surface area contributed by atoms with Crippen molar-refractivity contribution in [1.29, 1.82) is 0 Å². The van der Waals surface area contributed by atoms with Gasteiger partial charge >= 0.3 is 5.97 Å². The van der Waals surface area contributed by atoms with Gasteiger partial charge < -0.3 is 24.7 Å². The molecule has 3 heterocycles. The Kier molecular flexibility index (Phi) is 7.05. The number of aryl methyl sites for hydroxylation is 2. The summed E-state index contributed by atoms with van der Waals surface area (Å²) in [7, 11) is 0. The van der Waals surface area contributed by atoms with Gasteiger partial charge in [-0.05, 0) is 56.2 Å². The van der Waals surface area contributed by atoms with Crippen molar-refractivity contribution in [3.8, 4) is 0 Å². The second kappa shape index (κ2) is 9.55. The number of anilines is 1. The minimum absolute atomic E-state index is 0.110. The smallest absolute Gasteiger partial charge is 0.310 e. The maximum atomic E-state index is 14.7. The maximum absolute atomic E-state index is 14.7. The number of aliphatic carboxylic acids is 1. The molecule has 0 aliphatic carbocycles. The molecule has 0 radical (unpaired) electrons. The fourth-order valence-corrected chi connectivity index (χ4v) is 7.10.